The molecule has 0 aliphatic carbocycles. The van der Waals surface area contributed by atoms with Crippen molar-refractivity contribution in [1.29, 1.82) is 0 Å². The predicted molar refractivity (Wildman–Crippen MR) is 77.9 cm³/mol. The summed E-state index contributed by atoms with van der Waals surface area (Å²) in [5, 5.41) is 5.05. The number of fused-ring (bicyclic) bond motifs is 1. The van der Waals surface area contributed by atoms with Gasteiger partial charge in [0.15, 0.2) is 0 Å². The van der Waals surface area contributed by atoms with Crippen LogP contribution in [0.2, 0.25) is 0 Å². The Kier molecular flexibility index (Phi) is 4.73. The molecule has 0 amide bonds. The molecule has 0 bridgehead atoms. The average Bonchev–Trinajstić information content (AvgIpc) is 2.82. The van der Waals surface area contributed by atoms with Crippen LogP contribution >= 0.6 is 11.3 Å². The molecule has 21 heavy (non-hydrogen) atoms. The van der Waals surface area contributed by atoms with Gasteiger partial charge >= 0.3 is 0 Å². The Labute approximate surface area is 127 Å². The van der Waals surface area contributed by atoms with E-state index in [1.165, 1.54) is 17.5 Å². The van der Waals surface area contributed by atoms with Gasteiger partial charge in [0.25, 0.3) is 10.0 Å². The number of primary sulfonamides is 1. The van der Waals surface area contributed by atoms with Crippen LogP contribution < -0.4 is 10.9 Å². The summed E-state index contributed by atoms with van der Waals surface area (Å²) in [5.41, 5.74) is 6.26. The summed E-state index contributed by atoms with van der Waals surface area (Å²) >= 11 is 0.642. The van der Waals surface area contributed by atoms with E-state index in [1.807, 2.05) is 0 Å². The van der Waals surface area contributed by atoms with Crippen LogP contribution in [-0.4, -0.2) is 47.9 Å². The van der Waals surface area contributed by atoms with E-state index in [4.69, 9.17) is 15.6 Å². The van der Waals surface area contributed by atoms with Crippen LogP contribution in [0, 0.1) is 0 Å². The summed E-state index contributed by atoms with van der Waals surface area (Å²) in [5.74, 6) is 0. The molecule has 0 fully saturated rings. The van der Waals surface area contributed by atoms with Gasteiger partial charge in [-0.1, -0.05) is 0 Å². The van der Waals surface area contributed by atoms with Crippen LogP contribution in [0.4, 0.5) is 0 Å². The van der Waals surface area contributed by atoms with Gasteiger partial charge < -0.3 is 10.5 Å². The van der Waals surface area contributed by atoms with Crippen molar-refractivity contribution in [3.63, 3.8) is 0 Å². The molecule has 1 aliphatic rings. The third-order valence-electron chi connectivity index (χ3n) is 3.11. The van der Waals surface area contributed by atoms with Gasteiger partial charge in [0.05, 0.1) is 0 Å². The van der Waals surface area contributed by atoms with Gasteiger partial charge in [0.1, 0.15) is 8.42 Å². The standard InChI is InChI=1S/C10H17N3O5S3/c1-18-4-2-3-13-6-8(11)7-5-9(20(12,14)15)19-10(7)21(13,16)17/h5,8H,2-4,6,11H2,1H3,(H2,12,14,15)/t8-/m0/s1. The molecule has 1 atom stereocenters. The fourth-order valence-electron chi connectivity index (χ4n) is 2.10. The highest BCUT2D eigenvalue weighted by Crippen LogP contribution is 2.38. The number of hydrogen-bond acceptors (Lipinski definition) is 7. The number of thiophene rings is 1. The first-order valence-corrected chi connectivity index (χ1v) is 9.89. The predicted octanol–water partition coefficient (Wildman–Crippen LogP) is -0.564. The van der Waals surface area contributed by atoms with Crippen molar-refractivity contribution in [2.75, 3.05) is 26.8 Å². The third-order valence-corrected chi connectivity index (χ3v) is 8.08. The monoisotopic (exact) mass is 355 g/mol. The van der Waals surface area contributed by atoms with Crippen molar-refractivity contribution >= 4 is 31.4 Å². The number of ether oxygens (including phenoxy) is 1. The van der Waals surface area contributed by atoms with Gasteiger partial charge in [-0.15, -0.1) is 11.3 Å². The van der Waals surface area contributed by atoms with Crippen LogP contribution in [0.25, 0.3) is 0 Å². The van der Waals surface area contributed by atoms with Gasteiger partial charge in [-0.2, -0.15) is 4.31 Å². The Balaban J connectivity index is 2.40. The fourth-order valence-corrected chi connectivity index (χ4v) is 6.43. The molecule has 1 aromatic heterocycles. The first kappa shape index (κ1) is 16.8. The lowest BCUT2D eigenvalue weighted by Gasteiger charge is -2.29. The number of sulfonamides is 2. The zero-order valence-electron chi connectivity index (χ0n) is 11.4. The van der Waals surface area contributed by atoms with Gasteiger partial charge in [-0.05, 0) is 12.5 Å². The molecule has 1 aromatic rings. The Morgan fingerprint density at radius 1 is 1.52 bits per heavy atom. The van der Waals surface area contributed by atoms with E-state index < -0.39 is 26.1 Å². The molecule has 0 radical (unpaired) electrons. The minimum Gasteiger partial charge on any atom is -0.385 e. The summed E-state index contributed by atoms with van der Waals surface area (Å²) in [6.07, 6.45) is 0.533. The summed E-state index contributed by atoms with van der Waals surface area (Å²) in [7, 11) is -6.15. The average molecular weight is 355 g/mol. The first-order chi connectivity index (χ1) is 9.67. The van der Waals surface area contributed by atoms with E-state index in [-0.39, 0.29) is 21.5 Å². The third kappa shape index (κ3) is 3.28. The molecule has 2 heterocycles. The fraction of sp³-hybridized carbons (Fsp3) is 0.600. The van der Waals surface area contributed by atoms with E-state index in [1.54, 1.807) is 0 Å². The first-order valence-electron chi connectivity index (χ1n) is 6.09. The molecule has 0 unspecified atom stereocenters. The number of nitrogens with zero attached hydrogens (tertiary/aromatic N) is 1. The lowest BCUT2D eigenvalue weighted by molar-refractivity contribution is 0.186. The van der Waals surface area contributed by atoms with Crippen LogP contribution in [0.1, 0.15) is 18.0 Å². The molecule has 2 rings (SSSR count). The molecule has 0 saturated heterocycles. The van der Waals surface area contributed by atoms with Crippen molar-refractivity contribution in [3.05, 3.63) is 11.6 Å². The van der Waals surface area contributed by atoms with E-state index >= 15 is 0 Å². The smallest absolute Gasteiger partial charge is 0.252 e. The largest absolute Gasteiger partial charge is 0.385 e. The van der Waals surface area contributed by atoms with Crippen LogP contribution in [0.15, 0.2) is 14.5 Å². The second-order valence-corrected chi connectivity index (χ2v) is 9.64. The van der Waals surface area contributed by atoms with Crippen molar-refractivity contribution in [1.82, 2.24) is 4.31 Å². The molecular weight excluding hydrogens is 338 g/mol. The number of hydrogen-bond donors (Lipinski definition) is 2. The minimum atomic E-state index is -3.95. The van der Waals surface area contributed by atoms with Crippen LogP contribution in [-0.2, 0) is 24.8 Å². The molecule has 11 heteroatoms. The van der Waals surface area contributed by atoms with Crippen molar-refractivity contribution < 1.29 is 21.6 Å². The number of rotatable bonds is 5. The Hall–Kier alpha value is -0.560. The lowest BCUT2D eigenvalue weighted by atomic mass is 10.1. The van der Waals surface area contributed by atoms with Gasteiger partial charge in [0.2, 0.25) is 10.0 Å². The highest BCUT2D eigenvalue weighted by Gasteiger charge is 2.38. The normalized spacial score (nSPS) is 22.1. The van der Waals surface area contributed by atoms with E-state index in [0.717, 1.165) is 0 Å². The molecule has 0 aromatic carbocycles. The maximum atomic E-state index is 12.5. The van der Waals surface area contributed by atoms with Gasteiger partial charge in [-0.25, -0.2) is 22.0 Å². The van der Waals surface area contributed by atoms with Gasteiger partial charge in [0, 0.05) is 38.4 Å². The number of methoxy groups -OCH3 is 1. The van der Waals surface area contributed by atoms with Gasteiger partial charge in [-0.3, -0.25) is 0 Å². The van der Waals surface area contributed by atoms with E-state index in [0.29, 0.717) is 29.9 Å². The van der Waals surface area contributed by atoms with E-state index in [2.05, 4.69) is 0 Å². The second kappa shape index (κ2) is 5.91. The maximum Gasteiger partial charge on any atom is 0.252 e. The summed E-state index contributed by atoms with van der Waals surface area (Å²) in [6.45, 7) is 0.812. The van der Waals surface area contributed by atoms with Crippen molar-refractivity contribution in [2.24, 2.45) is 10.9 Å². The summed E-state index contributed by atoms with van der Waals surface area (Å²) in [6, 6.07) is 0.683. The molecule has 0 saturated carbocycles. The maximum absolute atomic E-state index is 12.5. The quantitative estimate of drug-likeness (QED) is 0.680. The Morgan fingerprint density at radius 2 is 2.19 bits per heavy atom. The number of nitrogens with two attached hydrogens (primary N) is 2. The second-order valence-electron chi connectivity index (χ2n) is 4.67. The molecule has 8 nitrogen and oxygen atoms in total. The Morgan fingerprint density at radius 3 is 2.76 bits per heavy atom. The molecule has 1 aliphatic heterocycles. The summed E-state index contributed by atoms with van der Waals surface area (Å²) < 4.78 is 53.7. The SMILES string of the molecule is COCCCN1C[C@H](N)c2cc(S(N)(=O)=O)sc2S1(=O)=O. The summed E-state index contributed by atoms with van der Waals surface area (Å²) in [4.78, 5) is 0. The topological polar surface area (TPSA) is 133 Å². The zero-order valence-corrected chi connectivity index (χ0v) is 13.8. The zero-order chi connectivity index (χ0) is 15.8. The highest BCUT2D eigenvalue weighted by atomic mass is 32.3. The van der Waals surface area contributed by atoms with Crippen molar-refractivity contribution in [2.45, 2.75) is 20.9 Å². The van der Waals surface area contributed by atoms with Crippen LogP contribution in [0.3, 0.4) is 0 Å². The molecular formula is C10H17N3O5S3. The Bertz CT molecular complexity index is 725. The molecule has 120 valence electrons. The highest BCUT2D eigenvalue weighted by molar-refractivity contribution is 7.94. The van der Waals surface area contributed by atoms with Crippen LogP contribution in [0.5, 0.6) is 0 Å². The molecule has 4 N–H and O–H groups in total. The lowest BCUT2D eigenvalue weighted by Crippen LogP contribution is -2.42. The minimum absolute atomic E-state index is 0.0392. The molecule has 0 spiro atoms. The van der Waals surface area contributed by atoms with E-state index in [9.17, 15) is 16.8 Å². The van der Waals surface area contributed by atoms with Crippen molar-refractivity contribution in [3.8, 4) is 0 Å².